The summed E-state index contributed by atoms with van der Waals surface area (Å²) in [6.45, 7) is 0. The number of benzene rings is 1. The zero-order valence-corrected chi connectivity index (χ0v) is 14.6. The SMILES string of the molecule is O=C(N/N=C/c1ccc(-c2ccc(Br)cc2)o1)c1cccnc1Cl. The standard InChI is InChI=1S/C17H11BrClN3O2/c18-12-5-3-11(4-6-12)15-8-7-13(24-15)10-21-22-17(23)14-2-1-9-20-16(14)19/h1-10H,(H,22,23)/b21-10+. The highest BCUT2D eigenvalue weighted by molar-refractivity contribution is 9.10. The van der Waals surface area contributed by atoms with Crippen LogP contribution in [-0.2, 0) is 0 Å². The Morgan fingerprint density at radius 1 is 1.21 bits per heavy atom. The lowest BCUT2D eigenvalue weighted by atomic mass is 10.2. The predicted octanol–water partition coefficient (Wildman–Crippen LogP) is 4.52. The smallest absolute Gasteiger partial charge is 0.274 e. The van der Waals surface area contributed by atoms with Gasteiger partial charge in [0.2, 0.25) is 0 Å². The number of aromatic nitrogens is 1. The van der Waals surface area contributed by atoms with Gasteiger partial charge < -0.3 is 4.42 Å². The van der Waals surface area contributed by atoms with E-state index in [4.69, 9.17) is 16.0 Å². The summed E-state index contributed by atoms with van der Waals surface area (Å²) in [5.74, 6) is 0.792. The van der Waals surface area contributed by atoms with Gasteiger partial charge in [0.05, 0.1) is 11.8 Å². The van der Waals surface area contributed by atoms with E-state index in [2.05, 4.69) is 31.4 Å². The second kappa shape index (κ2) is 7.42. The van der Waals surface area contributed by atoms with Gasteiger partial charge in [-0.2, -0.15) is 5.10 Å². The van der Waals surface area contributed by atoms with E-state index < -0.39 is 5.91 Å². The maximum atomic E-state index is 11.9. The Morgan fingerprint density at radius 2 is 2.00 bits per heavy atom. The molecule has 7 heteroatoms. The second-order valence-electron chi connectivity index (χ2n) is 4.75. The van der Waals surface area contributed by atoms with E-state index in [0.717, 1.165) is 10.0 Å². The van der Waals surface area contributed by atoms with E-state index in [0.29, 0.717) is 11.5 Å². The van der Waals surface area contributed by atoms with Crippen LogP contribution in [0.25, 0.3) is 11.3 Å². The van der Waals surface area contributed by atoms with E-state index >= 15 is 0 Å². The van der Waals surface area contributed by atoms with Gasteiger partial charge >= 0.3 is 0 Å². The number of halogens is 2. The fourth-order valence-corrected chi connectivity index (χ4v) is 2.43. The fourth-order valence-electron chi connectivity index (χ4n) is 1.96. The summed E-state index contributed by atoms with van der Waals surface area (Å²) < 4.78 is 6.66. The lowest BCUT2D eigenvalue weighted by Crippen LogP contribution is -2.18. The van der Waals surface area contributed by atoms with E-state index in [-0.39, 0.29) is 10.7 Å². The number of nitrogens with one attached hydrogen (secondary N) is 1. The third-order valence-electron chi connectivity index (χ3n) is 3.12. The summed E-state index contributed by atoms with van der Waals surface area (Å²) in [6.07, 6.45) is 2.93. The van der Waals surface area contributed by atoms with Crippen LogP contribution in [0.3, 0.4) is 0 Å². The normalized spacial score (nSPS) is 10.9. The molecule has 0 aliphatic carbocycles. The number of furan rings is 1. The van der Waals surface area contributed by atoms with Crippen molar-refractivity contribution in [3.63, 3.8) is 0 Å². The van der Waals surface area contributed by atoms with Crippen molar-refractivity contribution in [3.05, 3.63) is 75.7 Å². The molecular formula is C17H11BrClN3O2. The fraction of sp³-hybridized carbons (Fsp3) is 0. The molecule has 5 nitrogen and oxygen atoms in total. The summed E-state index contributed by atoms with van der Waals surface area (Å²) in [5.41, 5.74) is 3.59. The minimum atomic E-state index is -0.441. The number of hydrazone groups is 1. The van der Waals surface area contributed by atoms with Crippen molar-refractivity contribution in [2.75, 3.05) is 0 Å². The van der Waals surface area contributed by atoms with Crippen LogP contribution in [0.15, 0.2) is 68.7 Å². The number of carbonyl (C=O) groups is 1. The zero-order chi connectivity index (χ0) is 16.9. The molecule has 0 saturated carbocycles. The van der Waals surface area contributed by atoms with Crippen molar-refractivity contribution in [2.45, 2.75) is 0 Å². The van der Waals surface area contributed by atoms with Crippen LogP contribution in [0.2, 0.25) is 5.15 Å². The number of rotatable bonds is 4. The third kappa shape index (κ3) is 3.90. The minimum absolute atomic E-state index is 0.126. The van der Waals surface area contributed by atoms with Crippen LogP contribution in [0.1, 0.15) is 16.1 Å². The monoisotopic (exact) mass is 403 g/mol. The average molecular weight is 405 g/mol. The Balaban J connectivity index is 1.66. The molecule has 1 amide bonds. The molecule has 0 unspecified atom stereocenters. The molecule has 0 atom stereocenters. The molecule has 0 aliphatic rings. The van der Waals surface area contributed by atoms with Crippen LogP contribution in [-0.4, -0.2) is 17.1 Å². The summed E-state index contributed by atoms with van der Waals surface area (Å²) in [6, 6.07) is 14.5. The molecule has 0 bridgehead atoms. The maximum absolute atomic E-state index is 11.9. The highest BCUT2D eigenvalue weighted by atomic mass is 79.9. The van der Waals surface area contributed by atoms with Crippen molar-refractivity contribution < 1.29 is 9.21 Å². The van der Waals surface area contributed by atoms with Crippen molar-refractivity contribution >= 4 is 39.7 Å². The molecule has 2 heterocycles. The first-order valence-corrected chi connectivity index (χ1v) is 8.10. The molecule has 0 saturated heterocycles. The minimum Gasteiger partial charge on any atom is -0.455 e. The highest BCUT2D eigenvalue weighted by Crippen LogP contribution is 2.23. The van der Waals surface area contributed by atoms with E-state index in [1.54, 1.807) is 18.2 Å². The molecule has 0 radical (unpaired) electrons. The first-order chi connectivity index (χ1) is 11.6. The molecule has 0 fully saturated rings. The van der Waals surface area contributed by atoms with Gasteiger partial charge in [-0.05, 0) is 36.4 Å². The molecule has 120 valence electrons. The number of amides is 1. The number of pyridine rings is 1. The highest BCUT2D eigenvalue weighted by Gasteiger charge is 2.09. The molecule has 3 rings (SSSR count). The average Bonchev–Trinajstić information content (AvgIpc) is 3.04. The van der Waals surface area contributed by atoms with Gasteiger partial charge in [-0.1, -0.05) is 39.7 Å². The molecular weight excluding hydrogens is 394 g/mol. The van der Waals surface area contributed by atoms with E-state index in [1.807, 2.05) is 30.3 Å². The zero-order valence-electron chi connectivity index (χ0n) is 12.2. The van der Waals surface area contributed by atoms with Crippen LogP contribution in [0, 0.1) is 0 Å². The molecule has 24 heavy (non-hydrogen) atoms. The Hall–Kier alpha value is -2.44. The summed E-state index contributed by atoms with van der Waals surface area (Å²) in [5, 5.41) is 3.99. The molecule has 1 aromatic carbocycles. The van der Waals surface area contributed by atoms with Crippen molar-refractivity contribution in [2.24, 2.45) is 5.10 Å². The molecule has 0 spiro atoms. The molecule has 3 aromatic rings. The van der Waals surface area contributed by atoms with Crippen LogP contribution >= 0.6 is 27.5 Å². The molecule has 2 aromatic heterocycles. The van der Waals surface area contributed by atoms with Gasteiger partial charge in [0, 0.05) is 16.2 Å². The van der Waals surface area contributed by atoms with Crippen molar-refractivity contribution in [1.82, 2.24) is 10.4 Å². The quantitative estimate of drug-likeness (QED) is 0.395. The molecule has 0 aliphatic heterocycles. The lowest BCUT2D eigenvalue weighted by Gasteiger charge is -2.00. The van der Waals surface area contributed by atoms with Gasteiger partial charge in [-0.25, -0.2) is 10.4 Å². The topological polar surface area (TPSA) is 67.5 Å². The van der Waals surface area contributed by atoms with Crippen LogP contribution < -0.4 is 5.43 Å². The van der Waals surface area contributed by atoms with Crippen molar-refractivity contribution in [1.29, 1.82) is 0 Å². The van der Waals surface area contributed by atoms with Gasteiger partial charge in [-0.3, -0.25) is 4.79 Å². The summed E-state index contributed by atoms with van der Waals surface area (Å²) in [4.78, 5) is 15.8. The maximum Gasteiger partial charge on any atom is 0.274 e. The lowest BCUT2D eigenvalue weighted by molar-refractivity contribution is 0.0955. The first-order valence-electron chi connectivity index (χ1n) is 6.93. The van der Waals surface area contributed by atoms with Crippen molar-refractivity contribution in [3.8, 4) is 11.3 Å². The Bertz CT molecular complexity index is 891. The van der Waals surface area contributed by atoms with E-state index in [9.17, 15) is 4.79 Å². The Morgan fingerprint density at radius 3 is 2.75 bits per heavy atom. The molecule has 1 N–H and O–H groups in total. The number of nitrogens with zero attached hydrogens (tertiary/aromatic N) is 2. The Kier molecular flexibility index (Phi) is 5.08. The van der Waals surface area contributed by atoms with Gasteiger partial charge in [0.1, 0.15) is 16.7 Å². The number of hydrogen-bond acceptors (Lipinski definition) is 4. The van der Waals surface area contributed by atoms with Gasteiger partial charge in [0.25, 0.3) is 5.91 Å². The van der Waals surface area contributed by atoms with Crippen LogP contribution in [0.4, 0.5) is 0 Å². The van der Waals surface area contributed by atoms with E-state index in [1.165, 1.54) is 12.4 Å². The third-order valence-corrected chi connectivity index (χ3v) is 3.95. The Labute approximate surface area is 151 Å². The summed E-state index contributed by atoms with van der Waals surface area (Å²) in [7, 11) is 0. The first kappa shape index (κ1) is 16.4. The van der Waals surface area contributed by atoms with Crippen LogP contribution in [0.5, 0.6) is 0 Å². The predicted molar refractivity (Wildman–Crippen MR) is 96.2 cm³/mol. The van der Waals surface area contributed by atoms with Gasteiger partial charge in [0.15, 0.2) is 0 Å². The van der Waals surface area contributed by atoms with Gasteiger partial charge in [-0.15, -0.1) is 0 Å². The number of hydrogen-bond donors (Lipinski definition) is 1. The number of carbonyl (C=O) groups excluding carboxylic acids is 1. The second-order valence-corrected chi connectivity index (χ2v) is 6.02. The largest absolute Gasteiger partial charge is 0.455 e. The summed E-state index contributed by atoms with van der Waals surface area (Å²) >= 11 is 9.24.